The first kappa shape index (κ1) is 10.1. The summed E-state index contributed by atoms with van der Waals surface area (Å²) in [5.74, 6) is 1.78. The van der Waals surface area contributed by atoms with Gasteiger partial charge in [-0.25, -0.2) is 0 Å². The molecule has 0 aliphatic rings. The van der Waals surface area contributed by atoms with Crippen LogP contribution in [0.25, 0.3) is 0 Å². The van der Waals surface area contributed by atoms with Gasteiger partial charge < -0.3 is 9.26 Å². The summed E-state index contributed by atoms with van der Waals surface area (Å²) < 4.78 is 10.6. The number of aromatic nitrogens is 1. The molecular weight excluding hydrogens is 166 g/mol. The fourth-order valence-electron chi connectivity index (χ4n) is 0.906. The Morgan fingerprint density at radius 1 is 1.38 bits per heavy atom. The molecular formula is C10H17NO2. The fraction of sp³-hybridized carbons (Fsp3) is 0.700. The lowest BCUT2D eigenvalue weighted by Gasteiger charge is -2.18. The number of hydrogen-bond acceptors (Lipinski definition) is 3. The highest BCUT2D eigenvalue weighted by atomic mass is 16.6. The van der Waals surface area contributed by atoms with Gasteiger partial charge in [0.15, 0.2) is 0 Å². The maximum absolute atomic E-state index is 5.53. The van der Waals surface area contributed by atoms with Gasteiger partial charge in [-0.1, -0.05) is 13.8 Å². The molecule has 1 rings (SSSR count). The summed E-state index contributed by atoms with van der Waals surface area (Å²) in [5, 5.41) is 3.83. The summed E-state index contributed by atoms with van der Waals surface area (Å²) in [5.41, 5.74) is -0.217. The van der Waals surface area contributed by atoms with Crippen molar-refractivity contribution in [2.24, 2.45) is 0 Å². The molecule has 0 saturated carbocycles. The Balaban J connectivity index is 2.70. The third-order valence-corrected chi connectivity index (χ3v) is 1.49. The average molecular weight is 183 g/mol. The Kier molecular flexibility index (Phi) is 2.64. The number of hydrogen-bond donors (Lipinski definition) is 0. The lowest BCUT2D eigenvalue weighted by Crippen LogP contribution is -2.23. The minimum Gasteiger partial charge on any atom is -0.470 e. The van der Waals surface area contributed by atoms with Crippen LogP contribution >= 0.6 is 0 Å². The normalized spacial score (nSPS) is 12.2. The van der Waals surface area contributed by atoms with Crippen molar-refractivity contribution < 1.29 is 9.26 Å². The van der Waals surface area contributed by atoms with E-state index in [0.717, 1.165) is 5.76 Å². The van der Waals surface area contributed by atoms with Gasteiger partial charge in [-0.15, -0.1) is 0 Å². The first-order valence-corrected chi connectivity index (χ1v) is 4.54. The zero-order chi connectivity index (χ0) is 10.1. The minimum atomic E-state index is -0.217. The summed E-state index contributed by atoms with van der Waals surface area (Å²) in [6, 6.07) is 1.84. The van der Waals surface area contributed by atoms with Gasteiger partial charge >= 0.3 is 0 Å². The van der Waals surface area contributed by atoms with Crippen molar-refractivity contribution in [3.8, 4) is 5.88 Å². The first-order chi connectivity index (χ1) is 5.88. The zero-order valence-electron chi connectivity index (χ0n) is 8.92. The predicted molar refractivity (Wildman–Crippen MR) is 51.0 cm³/mol. The van der Waals surface area contributed by atoms with Gasteiger partial charge in [0.2, 0.25) is 0 Å². The molecule has 1 aromatic heterocycles. The highest BCUT2D eigenvalue weighted by Gasteiger charge is 2.15. The Labute approximate surface area is 79.1 Å². The maximum atomic E-state index is 5.53. The molecule has 0 radical (unpaired) electrons. The van der Waals surface area contributed by atoms with Gasteiger partial charge in [-0.2, -0.15) is 0 Å². The highest BCUT2D eigenvalue weighted by molar-refractivity contribution is 5.14. The number of nitrogens with zero attached hydrogens (tertiary/aromatic N) is 1. The van der Waals surface area contributed by atoms with E-state index in [4.69, 9.17) is 9.26 Å². The van der Waals surface area contributed by atoms with Crippen LogP contribution in [0.3, 0.4) is 0 Å². The van der Waals surface area contributed by atoms with Crippen molar-refractivity contribution >= 4 is 0 Å². The molecule has 3 nitrogen and oxygen atoms in total. The predicted octanol–water partition coefficient (Wildman–Crippen LogP) is 2.98. The minimum absolute atomic E-state index is 0.217. The molecule has 0 aromatic carbocycles. The van der Waals surface area contributed by atoms with Crippen LogP contribution in [0.15, 0.2) is 10.6 Å². The van der Waals surface area contributed by atoms with E-state index >= 15 is 0 Å². The van der Waals surface area contributed by atoms with Crippen LogP contribution in [0.1, 0.15) is 46.3 Å². The third-order valence-electron chi connectivity index (χ3n) is 1.49. The van der Waals surface area contributed by atoms with E-state index in [1.165, 1.54) is 0 Å². The summed E-state index contributed by atoms with van der Waals surface area (Å²) >= 11 is 0. The number of ether oxygens (including phenoxy) is 1. The molecule has 0 amide bonds. The van der Waals surface area contributed by atoms with E-state index in [9.17, 15) is 0 Å². The third kappa shape index (κ3) is 3.09. The quantitative estimate of drug-likeness (QED) is 0.707. The molecule has 1 aromatic rings. The standard InChI is InChI=1S/C10H17NO2/c1-7(2)8-6-9(11-13-8)12-10(3,4)5/h6-7H,1-5H3. The Hall–Kier alpha value is -0.990. The lowest BCUT2D eigenvalue weighted by atomic mass is 10.1. The molecule has 0 unspecified atom stereocenters. The summed E-state index contributed by atoms with van der Waals surface area (Å²) in [7, 11) is 0. The number of rotatable bonds is 2. The Bertz CT molecular complexity index is 271. The summed E-state index contributed by atoms with van der Waals surface area (Å²) in [6.07, 6.45) is 0. The molecule has 74 valence electrons. The van der Waals surface area contributed by atoms with Gasteiger partial charge in [0, 0.05) is 12.0 Å². The SMILES string of the molecule is CC(C)c1cc(OC(C)(C)C)no1. The smallest absolute Gasteiger partial charge is 0.254 e. The lowest BCUT2D eigenvalue weighted by molar-refractivity contribution is 0.117. The van der Waals surface area contributed by atoms with E-state index < -0.39 is 0 Å². The molecule has 0 saturated heterocycles. The second kappa shape index (κ2) is 3.40. The van der Waals surface area contributed by atoms with E-state index in [0.29, 0.717) is 11.8 Å². The molecule has 0 bridgehead atoms. The van der Waals surface area contributed by atoms with Crippen LogP contribution in [-0.2, 0) is 0 Å². The highest BCUT2D eigenvalue weighted by Crippen LogP contribution is 2.22. The van der Waals surface area contributed by atoms with Crippen molar-refractivity contribution in [3.05, 3.63) is 11.8 Å². The van der Waals surface area contributed by atoms with E-state index in [-0.39, 0.29) is 5.60 Å². The molecule has 3 heteroatoms. The van der Waals surface area contributed by atoms with Gasteiger partial charge in [-0.3, -0.25) is 0 Å². The van der Waals surface area contributed by atoms with Gasteiger partial charge in [0.05, 0.1) is 0 Å². The topological polar surface area (TPSA) is 35.3 Å². The van der Waals surface area contributed by atoms with Crippen LogP contribution in [0.4, 0.5) is 0 Å². The van der Waals surface area contributed by atoms with Crippen molar-refractivity contribution in [2.75, 3.05) is 0 Å². The molecule has 0 aliphatic carbocycles. The van der Waals surface area contributed by atoms with Crippen molar-refractivity contribution in [3.63, 3.8) is 0 Å². The Morgan fingerprint density at radius 3 is 2.38 bits per heavy atom. The second-order valence-electron chi connectivity index (χ2n) is 4.44. The van der Waals surface area contributed by atoms with Crippen molar-refractivity contribution in [1.29, 1.82) is 0 Å². The first-order valence-electron chi connectivity index (χ1n) is 4.54. The molecule has 0 aliphatic heterocycles. The average Bonchev–Trinajstić information content (AvgIpc) is 2.31. The monoisotopic (exact) mass is 183 g/mol. The van der Waals surface area contributed by atoms with Crippen LogP contribution in [0, 0.1) is 0 Å². The molecule has 13 heavy (non-hydrogen) atoms. The van der Waals surface area contributed by atoms with Gasteiger partial charge in [0.1, 0.15) is 11.4 Å². The maximum Gasteiger partial charge on any atom is 0.254 e. The van der Waals surface area contributed by atoms with E-state index in [1.54, 1.807) is 0 Å². The molecule has 0 atom stereocenters. The van der Waals surface area contributed by atoms with E-state index in [2.05, 4.69) is 19.0 Å². The second-order valence-corrected chi connectivity index (χ2v) is 4.44. The fourth-order valence-corrected chi connectivity index (χ4v) is 0.906. The van der Waals surface area contributed by atoms with Crippen LogP contribution in [-0.4, -0.2) is 10.8 Å². The molecule has 0 N–H and O–H groups in total. The van der Waals surface area contributed by atoms with Crippen molar-refractivity contribution in [2.45, 2.75) is 46.1 Å². The van der Waals surface area contributed by atoms with Crippen LogP contribution in [0.2, 0.25) is 0 Å². The Morgan fingerprint density at radius 2 is 2.00 bits per heavy atom. The molecule has 0 spiro atoms. The van der Waals surface area contributed by atoms with Gasteiger partial charge in [0.25, 0.3) is 5.88 Å². The van der Waals surface area contributed by atoms with E-state index in [1.807, 2.05) is 26.8 Å². The zero-order valence-corrected chi connectivity index (χ0v) is 8.92. The summed E-state index contributed by atoms with van der Waals surface area (Å²) in [4.78, 5) is 0. The molecule has 1 heterocycles. The van der Waals surface area contributed by atoms with Gasteiger partial charge in [-0.05, 0) is 25.9 Å². The summed E-state index contributed by atoms with van der Waals surface area (Å²) in [6.45, 7) is 10.1. The largest absolute Gasteiger partial charge is 0.470 e. The van der Waals surface area contributed by atoms with Crippen molar-refractivity contribution in [1.82, 2.24) is 5.16 Å². The van der Waals surface area contributed by atoms with Crippen LogP contribution < -0.4 is 4.74 Å². The molecule has 0 fully saturated rings. The van der Waals surface area contributed by atoms with Crippen LogP contribution in [0.5, 0.6) is 5.88 Å².